The molecule has 0 aliphatic carbocycles. The van der Waals surface area contributed by atoms with E-state index < -0.39 is 0 Å². The van der Waals surface area contributed by atoms with Crippen molar-refractivity contribution in [3.63, 3.8) is 0 Å². The van der Waals surface area contributed by atoms with Crippen LogP contribution in [0.25, 0.3) is 10.9 Å². The zero-order valence-electron chi connectivity index (χ0n) is 13.0. The fourth-order valence-electron chi connectivity index (χ4n) is 2.49. The molecule has 1 aliphatic rings. The Morgan fingerprint density at radius 1 is 1.19 bits per heavy atom. The summed E-state index contributed by atoms with van der Waals surface area (Å²) in [6.45, 7) is 8.72. The summed E-state index contributed by atoms with van der Waals surface area (Å²) in [6.07, 6.45) is 1.80. The highest BCUT2D eigenvalue weighted by atomic mass is 16.7. The van der Waals surface area contributed by atoms with Crippen LogP contribution in [0.5, 0.6) is 0 Å². The predicted molar refractivity (Wildman–Crippen MR) is 82.5 cm³/mol. The lowest BCUT2D eigenvalue weighted by molar-refractivity contribution is 0.00578. The molecule has 0 bridgehead atoms. The van der Waals surface area contributed by atoms with E-state index in [9.17, 15) is 0 Å². The van der Waals surface area contributed by atoms with Gasteiger partial charge in [0, 0.05) is 5.39 Å². The normalized spacial score (nSPS) is 20.3. The van der Waals surface area contributed by atoms with Gasteiger partial charge in [0.15, 0.2) is 0 Å². The first-order valence-corrected chi connectivity index (χ1v) is 7.26. The molecule has 5 nitrogen and oxygen atoms in total. The predicted octanol–water partition coefficient (Wildman–Crippen LogP) is 1.33. The van der Waals surface area contributed by atoms with Gasteiger partial charge in [0.1, 0.15) is 0 Å². The van der Waals surface area contributed by atoms with Gasteiger partial charge >= 0.3 is 7.12 Å². The standard InChI is InChI=1S/C15H21BN2O3/c1-14(2)15(3,4)21-16(20-14)12-6-5-11-10-17-18(7-8-19)13(11)9-12/h5-6,9-10,19H,7-8H2,1-4H3. The van der Waals surface area contributed by atoms with Crippen LogP contribution in [0.15, 0.2) is 24.4 Å². The lowest BCUT2D eigenvalue weighted by Gasteiger charge is -2.32. The SMILES string of the molecule is CC1(C)OB(c2ccc3cnn(CCO)c3c2)OC1(C)C. The van der Waals surface area contributed by atoms with Gasteiger partial charge in [-0.3, -0.25) is 4.68 Å². The van der Waals surface area contributed by atoms with Crippen LogP contribution in [-0.4, -0.2) is 39.8 Å². The molecule has 1 N–H and O–H groups in total. The highest BCUT2D eigenvalue weighted by Crippen LogP contribution is 2.36. The smallest absolute Gasteiger partial charge is 0.399 e. The Kier molecular flexibility index (Phi) is 3.35. The molecule has 0 unspecified atom stereocenters. The van der Waals surface area contributed by atoms with E-state index in [1.807, 2.05) is 45.9 Å². The van der Waals surface area contributed by atoms with Crippen LogP contribution in [0, 0.1) is 0 Å². The molecule has 21 heavy (non-hydrogen) atoms. The average Bonchev–Trinajstić information content (AvgIpc) is 2.89. The van der Waals surface area contributed by atoms with Crippen LogP contribution in [0.1, 0.15) is 27.7 Å². The lowest BCUT2D eigenvalue weighted by Crippen LogP contribution is -2.41. The number of hydrogen-bond acceptors (Lipinski definition) is 4. The molecule has 0 atom stereocenters. The van der Waals surface area contributed by atoms with Gasteiger partial charge < -0.3 is 14.4 Å². The van der Waals surface area contributed by atoms with E-state index in [0.717, 1.165) is 16.4 Å². The van der Waals surface area contributed by atoms with Crippen molar-refractivity contribution in [2.45, 2.75) is 45.4 Å². The van der Waals surface area contributed by atoms with Crippen molar-refractivity contribution in [2.24, 2.45) is 0 Å². The maximum atomic E-state index is 9.11. The first-order chi connectivity index (χ1) is 9.84. The zero-order chi connectivity index (χ0) is 15.3. The molecule has 1 aromatic heterocycles. The van der Waals surface area contributed by atoms with Crippen LogP contribution >= 0.6 is 0 Å². The molecule has 2 heterocycles. The molecule has 0 amide bonds. The van der Waals surface area contributed by atoms with E-state index in [-0.39, 0.29) is 24.9 Å². The Morgan fingerprint density at radius 3 is 2.48 bits per heavy atom. The van der Waals surface area contributed by atoms with E-state index >= 15 is 0 Å². The molecule has 0 saturated carbocycles. The van der Waals surface area contributed by atoms with Gasteiger partial charge in [-0.05, 0) is 39.2 Å². The Hall–Kier alpha value is -1.37. The van der Waals surface area contributed by atoms with Gasteiger partial charge in [-0.1, -0.05) is 12.1 Å². The number of aromatic nitrogens is 2. The van der Waals surface area contributed by atoms with E-state index in [1.165, 1.54) is 0 Å². The number of fused-ring (bicyclic) bond motifs is 1. The van der Waals surface area contributed by atoms with Crippen molar-refractivity contribution < 1.29 is 14.4 Å². The molecule has 1 saturated heterocycles. The minimum absolute atomic E-state index is 0.0670. The van der Waals surface area contributed by atoms with E-state index in [2.05, 4.69) is 5.10 Å². The van der Waals surface area contributed by atoms with Crippen LogP contribution in [-0.2, 0) is 15.9 Å². The third kappa shape index (κ3) is 2.37. The maximum absolute atomic E-state index is 9.11. The summed E-state index contributed by atoms with van der Waals surface area (Å²) in [4.78, 5) is 0. The highest BCUT2D eigenvalue weighted by molar-refractivity contribution is 6.62. The number of rotatable bonds is 3. The van der Waals surface area contributed by atoms with Crippen molar-refractivity contribution in [2.75, 3.05) is 6.61 Å². The largest absolute Gasteiger partial charge is 0.494 e. The molecule has 1 aromatic carbocycles. The summed E-state index contributed by atoms with van der Waals surface area (Å²) in [6, 6.07) is 6.05. The quantitative estimate of drug-likeness (QED) is 0.866. The third-order valence-corrected chi connectivity index (χ3v) is 4.51. The number of aliphatic hydroxyl groups is 1. The Balaban J connectivity index is 1.97. The van der Waals surface area contributed by atoms with Crippen molar-refractivity contribution in [1.82, 2.24) is 9.78 Å². The lowest BCUT2D eigenvalue weighted by atomic mass is 9.79. The monoisotopic (exact) mass is 288 g/mol. The van der Waals surface area contributed by atoms with Crippen LogP contribution in [0.2, 0.25) is 0 Å². The molecule has 3 rings (SSSR count). The Labute approximate surface area is 125 Å². The average molecular weight is 288 g/mol. The molecular formula is C15H21BN2O3. The van der Waals surface area contributed by atoms with Crippen LogP contribution < -0.4 is 5.46 Å². The highest BCUT2D eigenvalue weighted by Gasteiger charge is 2.51. The minimum atomic E-state index is -0.378. The fraction of sp³-hybridized carbons (Fsp3) is 0.533. The first kappa shape index (κ1) is 14.6. The van der Waals surface area contributed by atoms with Gasteiger partial charge in [0.05, 0.1) is 36.1 Å². The van der Waals surface area contributed by atoms with Crippen LogP contribution in [0.3, 0.4) is 0 Å². The Morgan fingerprint density at radius 2 is 1.86 bits per heavy atom. The summed E-state index contributed by atoms with van der Waals surface area (Å²) in [5.41, 5.74) is 1.26. The van der Waals surface area contributed by atoms with Crippen molar-refractivity contribution in [3.05, 3.63) is 24.4 Å². The molecule has 1 fully saturated rings. The van der Waals surface area contributed by atoms with E-state index in [4.69, 9.17) is 14.4 Å². The summed E-state index contributed by atoms with van der Waals surface area (Å²) in [5, 5.41) is 14.4. The number of nitrogens with zero attached hydrogens (tertiary/aromatic N) is 2. The molecule has 0 spiro atoms. The molecule has 0 radical (unpaired) electrons. The molecule has 2 aromatic rings. The van der Waals surface area contributed by atoms with Crippen molar-refractivity contribution >= 4 is 23.5 Å². The second kappa shape index (κ2) is 4.83. The molecular weight excluding hydrogens is 267 g/mol. The fourth-order valence-corrected chi connectivity index (χ4v) is 2.49. The van der Waals surface area contributed by atoms with Gasteiger partial charge in [-0.2, -0.15) is 5.10 Å². The van der Waals surface area contributed by atoms with Gasteiger partial charge in [0.25, 0.3) is 0 Å². The zero-order valence-corrected chi connectivity index (χ0v) is 13.0. The minimum Gasteiger partial charge on any atom is -0.399 e. The number of aliphatic hydroxyl groups excluding tert-OH is 1. The van der Waals surface area contributed by atoms with E-state index in [1.54, 1.807) is 10.9 Å². The topological polar surface area (TPSA) is 56.5 Å². The van der Waals surface area contributed by atoms with Crippen LogP contribution in [0.4, 0.5) is 0 Å². The Bertz CT molecular complexity index is 650. The summed E-state index contributed by atoms with van der Waals surface area (Å²) < 4.78 is 13.9. The van der Waals surface area contributed by atoms with Gasteiger partial charge in [0.2, 0.25) is 0 Å². The second-order valence-electron chi connectivity index (χ2n) is 6.50. The summed E-state index contributed by atoms with van der Waals surface area (Å²) >= 11 is 0. The first-order valence-electron chi connectivity index (χ1n) is 7.26. The second-order valence-corrected chi connectivity index (χ2v) is 6.50. The molecule has 1 aliphatic heterocycles. The van der Waals surface area contributed by atoms with Gasteiger partial charge in [-0.25, -0.2) is 0 Å². The van der Waals surface area contributed by atoms with E-state index in [0.29, 0.717) is 6.54 Å². The summed E-state index contributed by atoms with van der Waals surface area (Å²) in [7, 11) is -0.378. The number of benzene rings is 1. The molecule has 112 valence electrons. The maximum Gasteiger partial charge on any atom is 0.494 e. The number of hydrogen-bond donors (Lipinski definition) is 1. The third-order valence-electron chi connectivity index (χ3n) is 4.51. The van der Waals surface area contributed by atoms with Crippen molar-refractivity contribution in [3.8, 4) is 0 Å². The van der Waals surface area contributed by atoms with Crippen molar-refractivity contribution in [1.29, 1.82) is 0 Å². The summed E-state index contributed by atoms with van der Waals surface area (Å²) in [5.74, 6) is 0. The van der Waals surface area contributed by atoms with Gasteiger partial charge in [-0.15, -0.1) is 0 Å². The molecule has 6 heteroatoms.